The molecule has 0 unspecified atom stereocenters. The highest BCUT2D eigenvalue weighted by atomic mass is 16.7. The lowest BCUT2D eigenvalue weighted by molar-refractivity contribution is 0.0944. The van der Waals surface area contributed by atoms with E-state index in [2.05, 4.69) is 21.3 Å². The van der Waals surface area contributed by atoms with E-state index < -0.39 is 0 Å². The smallest absolute Gasteiger partial charge is 0.273 e. The minimum atomic E-state index is -0.234. The fraction of sp³-hybridized carbons (Fsp3) is 0.267. The molecule has 0 saturated heterocycles. The second-order valence-electron chi connectivity index (χ2n) is 9.63. The number of benzene rings is 3. The van der Waals surface area contributed by atoms with Crippen LogP contribution in [0.2, 0.25) is 0 Å². The average molecular weight is 514 g/mol. The van der Waals surface area contributed by atoms with Crippen molar-refractivity contribution in [3.63, 3.8) is 0 Å². The number of para-hydroxylation sites is 1. The first-order chi connectivity index (χ1) is 18.5. The molecule has 1 aromatic heterocycles. The number of nitrogens with zero attached hydrogens (tertiary/aromatic N) is 2. The van der Waals surface area contributed by atoms with E-state index in [-0.39, 0.29) is 18.4 Å². The number of carbonyl (C=O) groups excluding carboxylic acids is 1. The van der Waals surface area contributed by atoms with Crippen LogP contribution in [0.25, 0.3) is 0 Å². The van der Waals surface area contributed by atoms with Crippen molar-refractivity contribution >= 4 is 5.91 Å². The molecule has 1 aliphatic rings. The Morgan fingerprint density at radius 3 is 2.50 bits per heavy atom. The van der Waals surface area contributed by atoms with Gasteiger partial charge in [0.25, 0.3) is 5.91 Å². The Balaban J connectivity index is 1.33. The summed E-state index contributed by atoms with van der Waals surface area (Å²) >= 11 is 0. The van der Waals surface area contributed by atoms with Gasteiger partial charge in [-0.25, -0.2) is 4.98 Å². The molecular formula is C30H31N3O5. The van der Waals surface area contributed by atoms with Gasteiger partial charge in [-0.3, -0.25) is 9.69 Å². The predicted molar refractivity (Wildman–Crippen MR) is 142 cm³/mol. The molecule has 0 bridgehead atoms. The topological polar surface area (TPSA) is 86.1 Å². The number of aromatic nitrogens is 1. The molecule has 4 aromatic rings. The number of rotatable bonds is 11. The molecule has 1 amide bonds. The van der Waals surface area contributed by atoms with Gasteiger partial charge in [-0.2, -0.15) is 0 Å². The molecule has 1 N–H and O–H groups in total. The summed E-state index contributed by atoms with van der Waals surface area (Å²) in [5, 5.41) is 2.88. The number of hydrogen-bond donors (Lipinski definition) is 1. The molecule has 3 aromatic carbocycles. The average Bonchev–Trinajstić information content (AvgIpc) is 3.57. The first kappa shape index (κ1) is 25.4. The summed E-state index contributed by atoms with van der Waals surface area (Å²) in [5.74, 6) is 3.61. The van der Waals surface area contributed by atoms with Crippen LogP contribution in [0.15, 0.2) is 83.5 Å². The van der Waals surface area contributed by atoms with Gasteiger partial charge in [-0.1, -0.05) is 50.2 Å². The Kier molecular flexibility index (Phi) is 7.89. The molecule has 0 aliphatic carbocycles. The fourth-order valence-electron chi connectivity index (χ4n) is 4.12. The molecule has 8 heteroatoms. The van der Waals surface area contributed by atoms with Crippen molar-refractivity contribution in [1.82, 2.24) is 15.2 Å². The number of carbonyl (C=O) groups is 1. The second-order valence-corrected chi connectivity index (χ2v) is 9.63. The van der Waals surface area contributed by atoms with Gasteiger partial charge in [0.2, 0.25) is 12.7 Å². The normalized spacial score (nSPS) is 12.2. The predicted octanol–water partition coefficient (Wildman–Crippen LogP) is 5.78. The minimum Gasteiger partial charge on any atom is -0.457 e. The third-order valence-corrected chi connectivity index (χ3v) is 5.94. The summed E-state index contributed by atoms with van der Waals surface area (Å²) in [6.45, 7) is 6.53. The first-order valence-corrected chi connectivity index (χ1v) is 12.7. The van der Waals surface area contributed by atoms with Crippen molar-refractivity contribution < 1.29 is 23.4 Å². The SMILES string of the molecule is CC(C)CNC(=O)c1coc(CN(Cc2cccc(Oc3ccccc3)c2)Cc2ccc3c(c2)OCO3)n1. The fourth-order valence-corrected chi connectivity index (χ4v) is 4.12. The van der Waals surface area contributed by atoms with Crippen LogP contribution in [0.1, 0.15) is 41.4 Å². The third kappa shape index (κ3) is 6.72. The lowest BCUT2D eigenvalue weighted by atomic mass is 10.1. The Morgan fingerprint density at radius 1 is 0.921 bits per heavy atom. The van der Waals surface area contributed by atoms with Gasteiger partial charge < -0.3 is 23.9 Å². The van der Waals surface area contributed by atoms with E-state index in [0.29, 0.717) is 38.0 Å². The number of ether oxygens (including phenoxy) is 3. The molecular weight excluding hydrogens is 482 g/mol. The van der Waals surface area contributed by atoms with Gasteiger partial charge in [0.15, 0.2) is 17.2 Å². The zero-order valence-electron chi connectivity index (χ0n) is 21.6. The van der Waals surface area contributed by atoms with E-state index >= 15 is 0 Å². The minimum absolute atomic E-state index is 0.231. The van der Waals surface area contributed by atoms with Gasteiger partial charge in [0.05, 0.1) is 6.54 Å². The maximum atomic E-state index is 12.4. The molecule has 0 radical (unpaired) electrons. The number of oxazole rings is 1. The molecule has 0 atom stereocenters. The molecule has 38 heavy (non-hydrogen) atoms. The highest BCUT2D eigenvalue weighted by Gasteiger charge is 2.18. The summed E-state index contributed by atoms with van der Waals surface area (Å²) in [6, 6.07) is 23.6. The Labute approximate surface area is 222 Å². The molecule has 8 nitrogen and oxygen atoms in total. The summed E-state index contributed by atoms with van der Waals surface area (Å²) in [7, 11) is 0. The molecule has 0 fully saturated rings. The van der Waals surface area contributed by atoms with Crippen LogP contribution in [0.3, 0.4) is 0 Å². The number of hydrogen-bond acceptors (Lipinski definition) is 7. The lowest BCUT2D eigenvalue weighted by Crippen LogP contribution is -2.27. The van der Waals surface area contributed by atoms with Crippen LogP contribution in [-0.4, -0.2) is 29.1 Å². The molecule has 2 heterocycles. The van der Waals surface area contributed by atoms with Gasteiger partial charge in [0.1, 0.15) is 17.8 Å². The monoisotopic (exact) mass is 513 g/mol. The van der Waals surface area contributed by atoms with Crippen molar-refractivity contribution in [3.05, 3.63) is 102 Å². The standard InChI is InChI=1S/C30H31N3O5/c1-21(2)15-31-30(34)26-19-35-29(32-26)18-33(17-23-11-12-27-28(14-23)37-20-36-27)16-22-7-6-10-25(13-22)38-24-8-4-3-5-9-24/h3-14,19,21H,15-18,20H2,1-2H3,(H,31,34). The van der Waals surface area contributed by atoms with Crippen LogP contribution in [0.4, 0.5) is 0 Å². The summed E-state index contributed by atoms with van der Waals surface area (Å²) in [4.78, 5) is 19.1. The largest absolute Gasteiger partial charge is 0.457 e. The zero-order valence-corrected chi connectivity index (χ0v) is 21.6. The van der Waals surface area contributed by atoms with Crippen molar-refractivity contribution in [2.45, 2.75) is 33.5 Å². The van der Waals surface area contributed by atoms with Gasteiger partial charge in [-0.05, 0) is 53.4 Å². The highest BCUT2D eigenvalue weighted by molar-refractivity contribution is 5.91. The zero-order chi connectivity index (χ0) is 26.3. The van der Waals surface area contributed by atoms with Gasteiger partial charge >= 0.3 is 0 Å². The summed E-state index contributed by atoms with van der Waals surface area (Å²) in [6.07, 6.45) is 1.41. The van der Waals surface area contributed by atoms with Gasteiger partial charge in [-0.15, -0.1) is 0 Å². The first-order valence-electron chi connectivity index (χ1n) is 12.7. The van der Waals surface area contributed by atoms with E-state index in [1.54, 1.807) is 0 Å². The Bertz CT molecular complexity index is 1370. The number of fused-ring (bicyclic) bond motifs is 1. The quantitative estimate of drug-likeness (QED) is 0.272. The van der Waals surface area contributed by atoms with Crippen LogP contribution in [0, 0.1) is 5.92 Å². The van der Waals surface area contributed by atoms with E-state index in [0.717, 1.165) is 34.1 Å². The van der Waals surface area contributed by atoms with E-state index in [4.69, 9.17) is 18.6 Å². The van der Waals surface area contributed by atoms with Crippen LogP contribution >= 0.6 is 0 Å². The molecule has 5 rings (SSSR count). The molecule has 1 aliphatic heterocycles. The molecule has 196 valence electrons. The van der Waals surface area contributed by atoms with Crippen molar-refractivity contribution in [2.24, 2.45) is 5.92 Å². The van der Waals surface area contributed by atoms with Crippen LogP contribution in [0.5, 0.6) is 23.0 Å². The lowest BCUT2D eigenvalue weighted by Gasteiger charge is -2.21. The van der Waals surface area contributed by atoms with E-state index in [1.807, 2.05) is 80.6 Å². The highest BCUT2D eigenvalue weighted by Crippen LogP contribution is 2.33. The van der Waals surface area contributed by atoms with Gasteiger partial charge in [0, 0.05) is 19.6 Å². The van der Waals surface area contributed by atoms with E-state index in [1.165, 1.54) is 6.26 Å². The Hall–Kier alpha value is -4.30. The Morgan fingerprint density at radius 2 is 1.68 bits per heavy atom. The number of amides is 1. The molecule has 0 spiro atoms. The second kappa shape index (κ2) is 11.8. The summed E-state index contributed by atoms with van der Waals surface area (Å²) < 4.78 is 22.8. The molecule has 0 saturated carbocycles. The van der Waals surface area contributed by atoms with Crippen molar-refractivity contribution in [1.29, 1.82) is 0 Å². The maximum Gasteiger partial charge on any atom is 0.273 e. The third-order valence-electron chi connectivity index (χ3n) is 5.94. The maximum absolute atomic E-state index is 12.4. The van der Waals surface area contributed by atoms with Crippen LogP contribution in [-0.2, 0) is 19.6 Å². The summed E-state index contributed by atoms with van der Waals surface area (Å²) in [5.41, 5.74) is 2.41. The number of nitrogens with one attached hydrogen (secondary N) is 1. The van der Waals surface area contributed by atoms with Crippen molar-refractivity contribution in [3.8, 4) is 23.0 Å². The van der Waals surface area contributed by atoms with Crippen molar-refractivity contribution in [2.75, 3.05) is 13.3 Å². The van der Waals surface area contributed by atoms with E-state index in [9.17, 15) is 4.79 Å². The van der Waals surface area contributed by atoms with Crippen LogP contribution < -0.4 is 19.5 Å².